The van der Waals surface area contributed by atoms with Crippen LogP contribution in [0.15, 0.2) is 24.3 Å². The van der Waals surface area contributed by atoms with Crippen LogP contribution >= 0.6 is 0 Å². The number of aliphatic carboxylic acids is 3. The second kappa shape index (κ2) is 39.0. The molecule has 8 nitrogen and oxygen atoms in total. The zero-order chi connectivity index (χ0) is 34.7. The van der Waals surface area contributed by atoms with Crippen LogP contribution in [-0.4, -0.2) is 57.1 Å². The number of epoxide rings is 1. The van der Waals surface area contributed by atoms with Crippen molar-refractivity contribution in [2.24, 2.45) is 5.92 Å². The molecule has 0 aromatic carbocycles. The molecule has 0 aliphatic carbocycles. The Morgan fingerprint density at radius 1 is 0.596 bits per heavy atom. The number of hydrogen-bond donors (Lipinski definition) is 4. The predicted octanol–water partition coefficient (Wildman–Crippen LogP) is 10.1. The smallest absolute Gasteiger partial charge is 0.329 e. The molecule has 9 heteroatoms. The first-order chi connectivity index (χ1) is 22.1. The molecule has 1 aliphatic rings. The summed E-state index contributed by atoms with van der Waals surface area (Å²) in [4.78, 5) is 29.8. The Hall–Kier alpha value is -1.48. The van der Waals surface area contributed by atoms with Gasteiger partial charge in [-0.05, 0) is 50.9 Å². The van der Waals surface area contributed by atoms with Gasteiger partial charge in [0.25, 0.3) is 0 Å². The molecule has 0 radical (unpaired) electrons. The molecule has 1 heterocycles. The van der Waals surface area contributed by atoms with E-state index in [0.717, 1.165) is 63.7 Å². The zero-order valence-electron chi connectivity index (χ0n) is 30.1. The number of carboxylic acids is 3. The number of carbonyl (C=O) groups is 3. The van der Waals surface area contributed by atoms with Gasteiger partial charge >= 0.3 is 17.9 Å². The van der Waals surface area contributed by atoms with Crippen molar-refractivity contribution in [1.82, 2.24) is 0 Å². The predicted molar refractivity (Wildman–Crippen MR) is 188 cm³/mol. The average Bonchev–Trinajstić information content (AvgIpc) is 3.78. The number of ether oxygens (including phenoxy) is 1. The van der Waals surface area contributed by atoms with Crippen molar-refractivity contribution in [1.29, 1.82) is 0 Å². The molecular formula is C38H70O8Ti. The Labute approximate surface area is 302 Å². The molecule has 0 aromatic heterocycles. The van der Waals surface area contributed by atoms with Crippen molar-refractivity contribution in [3.8, 4) is 0 Å². The van der Waals surface area contributed by atoms with Gasteiger partial charge in [-0.2, -0.15) is 0 Å². The van der Waals surface area contributed by atoms with Gasteiger partial charge in [0.05, 0.1) is 12.2 Å². The number of aliphatic hydroxyl groups is 1. The molecule has 47 heavy (non-hydrogen) atoms. The first-order valence-corrected chi connectivity index (χ1v) is 18.4. The van der Waals surface area contributed by atoms with Gasteiger partial charge in [-0.15, -0.1) is 0 Å². The summed E-state index contributed by atoms with van der Waals surface area (Å²) >= 11 is 0. The van der Waals surface area contributed by atoms with E-state index in [1.54, 1.807) is 0 Å². The van der Waals surface area contributed by atoms with Crippen molar-refractivity contribution in [3.63, 3.8) is 0 Å². The fraction of sp³-hybridized carbons (Fsp3) is 0.816. The molecule has 1 saturated heterocycles. The van der Waals surface area contributed by atoms with Crippen LogP contribution in [-0.2, 0) is 40.8 Å². The maximum atomic E-state index is 10.3. The Morgan fingerprint density at radius 2 is 1.00 bits per heavy atom. The third-order valence-electron chi connectivity index (χ3n) is 7.88. The number of allylic oxidation sites excluding steroid dienone is 3. The minimum Gasteiger partial charge on any atom is -0.481 e. The summed E-state index contributed by atoms with van der Waals surface area (Å²) in [7, 11) is 0. The van der Waals surface area contributed by atoms with Gasteiger partial charge in [0.2, 0.25) is 0 Å². The van der Waals surface area contributed by atoms with E-state index >= 15 is 0 Å². The molecule has 1 aliphatic heterocycles. The van der Waals surface area contributed by atoms with Crippen LogP contribution < -0.4 is 0 Å². The minimum atomic E-state index is -1.19. The van der Waals surface area contributed by atoms with Crippen LogP contribution in [0.25, 0.3) is 0 Å². The summed E-state index contributed by atoms with van der Waals surface area (Å²) < 4.78 is 5.48. The second-order valence-electron chi connectivity index (χ2n) is 12.9. The van der Waals surface area contributed by atoms with Gasteiger partial charge in [-0.1, -0.05) is 141 Å². The molecule has 0 bridgehead atoms. The molecule has 2 unspecified atom stereocenters. The Bertz CT molecular complexity index is 769. The first kappa shape index (κ1) is 49.9. The molecule has 1 fully saturated rings. The maximum Gasteiger partial charge on any atom is 0.329 e. The van der Waals surface area contributed by atoms with E-state index in [0.29, 0.717) is 25.0 Å². The number of aliphatic hydroxyl groups excluding tert-OH is 1. The summed E-state index contributed by atoms with van der Waals surface area (Å²) in [6.45, 7) is 6.01. The fourth-order valence-corrected chi connectivity index (χ4v) is 5.03. The monoisotopic (exact) mass is 702 g/mol. The number of hydrogen-bond acceptors (Lipinski definition) is 5. The van der Waals surface area contributed by atoms with Crippen LogP contribution in [0.4, 0.5) is 0 Å². The second-order valence-corrected chi connectivity index (χ2v) is 12.9. The van der Waals surface area contributed by atoms with E-state index in [1.165, 1.54) is 83.5 Å². The largest absolute Gasteiger partial charge is 0.481 e. The average molecular weight is 703 g/mol. The van der Waals surface area contributed by atoms with Crippen molar-refractivity contribution < 1.29 is 61.3 Å². The molecule has 0 amide bonds. The topological polar surface area (TPSA) is 145 Å². The molecular weight excluding hydrogens is 632 g/mol. The zero-order valence-corrected chi connectivity index (χ0v) is 31.7. The molecule has 0 aromatic rings. The molecule has 0 spiro atoms. The van der Waals surface area contributed by atoms with Gasteiger partial charge in [0.15, 0.2) is 0 Å². The van der Waals surface area contributed by atoms with Gasteiger partial charge in [0, 0.05) is 34.6 Å². The Balaban J connectivity index is -0.000000707. The van der Waals surface area contributed by atoms with E-state index in [-0.39, 0.29) is 21.7 Å². The van der Waals surface area contributed by atoms with Gasteiger partial charge in [-0.25, -0.2) is 4.79 Å². The number of rotatable bonds is 29. The molecule has 274 valence electrons. The van der Waals surface area contributed by atoms with E-state index < -0.39 is 24.5 Å². The minimum absolute atomic E-state index is 0. The molecule has 1 rings (SSSR count). The molecule has 2 atom stereocenters. The summed E-state index contributed by atoms with van der Waals surface area (Å²) in [5.74, 6) is -1.65. The van der Waals surface area contributed by atoms with Crippen LogP contribution in [0.5, 0.6) is 0 Å². The Kier molecular flexibility index (Phi) is 41.4. The Morgan fingerprint density at radius 3 is 1.38 bits per heavy atom. The third-order valence-corrected chi connectivity index (χ3v) is 7.88. The summed E-state index contributed by atoms with van der Waals surface area (Å²) in [6.07, 6.45) is 37.3. The van der Waals surface area contributed by atoms with Gasteiger partial charge in [-0.3, -0.25) is 9.59 Å². The van der Waals surface area contributed by atoms with Crippen molar-refractivity contribution in [2.75, 3.05) is 6.61 Å². The summed E-state index contributed by atoms with van der Waals surface area (Å²) in [6, 6.07) is 0. The first-order valence-electron chi connectivity index (χ1n) is 18.4. The summed E-state index contributed by atoms with van der Waals surface area (Å²) in [5, 5.41) is 32.0. The van der Waals surface area contributed by atoms with Crippen LogP contribution in [0.2, 0.25) is 0 Å². The van der Waals surface area contributed by atoms with E-state index in [2.05, 4.69) is 45.1 Å². The SMILES string of the molecule is CC(C)CCCCCCCCCCCCCCC(=O)O.CCC1OC1C/C=C/C/C=C/CCCCCCCC(=O)O.O=C(O)CO.[Ti]. The quantitative estimate of drug-likeness (QED) is 0.0261. The van der Waals surface area contributed by atoms with Crippen LogP contribution in [0.3, 0.4) is 0 Å². The van der Waals surface area contributed by atoms with E-state index in [1.807, 2.05) is 0 Å². The third kappa shape index (κ3) is 46.7. The fourth-order valence-electron chi connectivity index (χ4n) is 5.03. The normalized spacial score (nSPS) is 15.1. The summed E-state index contributed by atoms with van der Waals surface area (Å²) in [5.41, 5.74) is 0. The molecule has 0 saturated carbocycles. The number of unbranched alkanes of at least 4 members (excludes halogenated alkanes) is 16. The number of carboxylic acid groups (broad SMARTS) is 3. The van der Waals surface area contributed by atoms with E-state index in [4.69, 9.17) is 30.0 Å². The van der Waals surface area contributed by atoms with Gasteiger partial charge in [0.1, 0.15) is 6.61 Å². The van der Waals surface area contributed by atoms with Crippen molar-refractivity contribution in [2.45, 2.75) is 187 Å². The maximum absolute atomic E-state index is 10.3. The van der Waals surface area contributed by atoms with Gasteiger partial charge < -0.3 is 25.2 Å². The molecule has 4 N–H and O–H groups in total. The van der Waals surface area contributed by atoms with Crippen molar-refractivity contribution in [3.05, 3.63) is 24.3 Å². The van der Waals surface area contributed by atoms with Crippen LogP contribution in [0.1, 0.15) is 175 Å². The van der Waals surface area contributed by atoms with E-state index in [9.17, 15) is 9.59 Å². The van der Waals surface area contributed by atoms with Crippen molar-refractivity contribution >= 4 is 17.9 Å². The van der Waals surface area contributed by atoms with Crippen LogP contribution in [0, 0.1) is 5.92 Å². The standard InChI is InChI=1S/C18H30O3.C18H36O2.C2H4O3.Ti/c1-2-16-17(21-16)14-12-10-8-6-4-3-5-7-9-11-13-15-18(19)20;1-17(2)15-13-11-9-7-5-3-4-6-8-10-12-14-16-18(19)20;3-1-2(4)5;/h4,6,10,12,16-17H,2-3,5,7-9,11,13-15H2,1H3,(H,19,20);17H,3-16H2,1-2H3,(H,19,20);3H,1H2,(H,4,5);/b6-4+,12-10+;;;.